The van der Waals surface area contributed by atoms with E-state index in [0.717, 1.165) is 13.0 Å². The first-order valence-corrected chi connectivity index (χ1v) is 12.2. The number of ether oxygens (including phenoxy) is 2. The number of carbonyl (C=O) groups is 2. The Balaban J connectivity index is 1.39. The Morgan fingerprint density at radius 1 is 1.02 bits per heavy atom. The third kappa shape index (κ3) is 6.08. The van der Waals surface area contributed by atoms with E-state index in [0.29, 0.717) is 36.2 Å². The van der Waals surface area contributed by atoms with Crippen molar-refractivity contribution in [3.05, 3.63) is 63.7 Å². The number of hydrogen-bond acceptors (Lipinski definition) is 10. The average molecular weight is 561 g/mol. The Morgan fingerprint density at radius 2 is 1.75 bits per heavy atom. The molecule has 0 fully saturated rings. The van der Waals surface area contributed by atoms with Gasteiger partial charge in [-0.25, -0.2) is 14.0 Å². The summed E-state index contributed by atoms with van der Waals surface area (Å²) in [6.07, 6.45) is 2.29. The Bertz CT molecular complexity index is 1600. The maximum atomic E-state index is 14.9. The minimum Gasteiger partial charge on any atom is -0.492 e. The van der Waals surface area contributed by atoms with Crippen molar-refractivity contribution >= 4 is 22.9 Å². The number of furan rings is 1. The van der Waals surface area contributed by atoms with Crippen LogP contribution in [0.1, 0.15) is 43.9 Å². The van der Waals surface area contributed by atoms with E-state index in [9.17, 15) is 33.4 Å². The molecule has 212 valence electrons. The summed E-state index contributed by atoms with van der Waals surface area (Å²) >= 11 is 0. The van der Waals surface area contributed by atoms with Gasteiger partial charge in [0.05, 0.1) is 0 Å². The summed E-state index contributed by atoms with van der Waals surface area (Å²) in [5, 5.41) is 19.0. The molecule has 0 saturated heterocycles. The Hall–Kier alpha value is -4.81. The van der Waals surface area contributed by atoms with Gasteiger partial charge in [-0.3, -0.25) is 4.79 Å². The summed E-state index contributed by atoms with van der Waals surface area (Å²) in [4.78, 5) is 40.4. The van der Waals surface area contributed by atoms with Crippen LogP contribution in [0.4, 0.5) is 8.78 Å². The molecule has 40 heavy (non-hydrogen) atoms. The van der Waals surface area contributed by atoms with Gasteiger partial charge >= 0.3 is 17.6 Å². The number of aryl methyl sites for hydroxylation is 2. The maximum Gasteiger partial charge on any atom is 0.347 e. The highest BCUT2D eigenvalue weighted by molar-refractivity contribution is 5.87. The largest absolute Gasteiger partial charge is 0.492 e. The van der Waals surface area contributed by atoms with Crippen LogP contribution in [0.25, 0.3) is 22.3 Å². The van der Waals surface area contributed by atoms with Crippen LogP contribution in [0.15, 0.2) is 44.0 Å². The number of aromatic nitrogens is 1. The number of fused-ring (bicyclic) bond motifs is 1. The monoisotopic (exact) mass is 561 g/mol. The van der Waals surface area contributed by atoms with E-state index in [1.807, 2.05) is 0 Å². The number of esters is 1. The van der Waals surface area contributed by atoms with E-state index < -0.39 is 59.1 Å². The van der Waals surface area contributed by atoms with Crippen molar-refractivity contribution in [1.82, 2.24) is 4.73 Å². The van der Waals surface area contributed by atoms with Crippen molar-refractivity contribution in [2.75, 3.05) is 6.79 Å². The second-order valence-corrected chi connectivity index (χ2v) is 8.80. The molecule has 13 heteroatoms. The zero-order valence-corrected chi connectivity index (χ0v) is 21.5. The lowest BCUT2D eigenvalue weighted by atomic mass is 10.0. The van der Waals surface area contributed by atoms with Gasteiger partial charge in [-0.05, 0) is 43.5 Å². The van der Waals surface area contributed by atoms with Gasteiger partial charge in [0.15, 0.2) is 17.1 Å². The molecule has 11 nitrogen and oxygen atoms in total. The molecular formula is C27H25F2NO10. The zero-order valence-electron chi connectivity index (χ0n) is 21.5. The molecule has 4 aromatic rings. The molecule has 0 unspecified atom stereocenters. The molecule has 0 bridgehead atoms. The molecule has 1 aromatic carbocycles. The molecule has 0 atom stereocenters. The first kappa shape index (κ1) is 28.2. The molecule has 0 aliphatic rings. The van der Waals surface area contributed by atoms with E-state index in [1.54, 1.807) is 12.1 Å². The molecule has 0 saturated carbocycles. The number of rotatable bonds is 11. The summed E-state index contributed by atoms with van der Waals surface area (Å²) < 4.78 is 50.5. The topological polar surface area (TPSA) is 151 Å². The molecule has 4 rings (SSSR count). The summed E-state index contributed by atoms with van der Waals surface area (Å²) in [5.74, 6) is -4.61. The van der Waals surface area contributed by atoms with Crippen LogP contribution in [-0.2, 0) is 20.7 Å². The Kier molecular flexibility index (Phi) is 8.41. The van der Waals surface area contributed by atoms with E-state index in [-0.39, 0.29) is 28.7 Å². The molecule has 0 radical (unpaired) electrons. The number of benzene rings is 1. The third-order valence-corrected chi connectivity index (χ3v) is 5.98. The van der Waals surface area contributed by atoms with Gasteiger partial charge < -0.3 is 33.4 Å². The van der Waals surface area contributed by atoms with Crippen molar-refractivity contribution in [1.29, 1.82) is 0 Å². The van der Waals surface area contributed by atoms with Crippen LogP contribution >= 0.6 is 0 Å². The number of hydrogen-bond donors (Lipinski definition) is 2. The van der Waals surface area contributed by atoms with Crippen LogP contribution < -0.4 is 15.2 Å². The van der Waals surface area contributed by atoms with Crippen LogP contribution in [0, 0.1) is 18.6 Å². The highest BCUT2D eigenvalue weighted by Gasteiger charge is 2.24. The molecule has 2 N–H and O–H groups in total. The Labute approximate surface area is 225 Å². The fourth-order valence-electron chi connectivity index (χ4n) is 4.02. The molecule has 3 heterocycles. The number of halogens is 2. The standard InChI is InChI=1S/C27H25F2NO10/c1-14-17-12-18(28)26(37-13-36-15(2)31)24(29)25(17)39-27(35)23(14)19-9-8-16(38-19)6-4-3-5-7-22(34)40-30-20(32)10-11-21(30)33/h8-12,32-33H,3-7,13H2,1-2H3. The minimum absolute atomic E-state index is 0.00387. The number of carbonyl (C=O) groups excluding carboxylic acids is 2. The fraction of sp³-hybridized carbons (Fsp3) is 0.296. The lowest BCUT2D eigenvalue weighted by Gasteiger charge is -2.11. The predicted molar refractivity (Wildman–Crippen MR) is 134 cm³/mol. The second-order valence-electron chi connectivity index (χ2n) is 8.80. The molecule has 0 aliphatic heterocycles. The molecule has 0 spiro atoms. The van der Waals surface area contributed by atoms with Crippen molar-refractivity contribution in [3.8, 4) is 28.8 Å². The lowest BCUT2D eigenvalue weighted by Crippen LogP contribution is -2.18. The predicted octanol–water partition coefficient (Wildman–Crippen LogP) is 4.51. The third-order valence-electron chi connectivity index (χ3n) is 5.98. The van der Waals surface area contributed by atoms with E-state index >= 15 is 0 Å². The van der Waals surface area contributed by atoms with Gasteiger partial charge in [0.25, 0.3) is 0 Å². The first-order chi connectivity index (χ1) is 19.1. The normalized spacial score (nSPS) is 11.1. The minimum atomic E-state index is -1.25. The van der Waals surface area contributed by atoms with E-state index in [4.69, 9.17) is 18.4 Å². The number of aromatic hydroxyl groups is 2. The van der Waals surface area contributed by atoms with Crippen LogP contribution in [0.5, 0.6) is 17.5 Å². The molecular weight excluding hydrogens is 536 g/mol. The molecule has 0 aliphatic carbocycles. The van der Waals surface area contributed by atoms with Gasteiger partial charge in [0.2, 0.25) is 24.4 Å². The van der Waals surface area contributed by atoms with Crippen LogP contribution in [0.2, 0.25) is 0 Å². The summed E-state index contributed by atoms with van der Waals surface area (Å²) in [6, 6.07) is 6.54. The van der Waals surface area contributed by atoms with Gasteiger partial charge in [-0.1, -0.05) is 6.42 Å². The van der Waals surface area contributed by atoms with Crippen molar-refractivity contribution in [2.24, 2.45) is 0 Å². The smallest absolute Gasteiger partial charge is 0.347 e. The zero-order chi connectivity index (χ0) is 29.0. The summed E-state index contributed by atoms with van der Waals surface area (Å²) in [5.41, 5.74) is -1.18. The van der Waals surface area contributed by atoms with E-state index in [1.165, 1.54) is 19.1 Å². The highest BCUT2D eigenvalue weighted by atomic mass is 19.1. The van der Waals surface area contributed by atoms with Crippen LogP contribution in [-0.4, -0.2) is 33.7 Å². The van der Waals surface area contributed by atoms with Crippen molar-refractivity contribution in [3.63, 3.8) is 0 Å². The van der Waals surface area contributed by atoms with Gasteiger partial charge in [0.1, 0.15) is 17.1 Å². The average Bonchev–Trinajstić information content (AvgIpc) is 3.48. The SMILES string of the molecule is CC(=O)OCOc1c(F)cc2c(C)c(-c3ccc(CCCCCC(=O)On4c(O)ccc4O)o3)c(=O)oc2c1F. The van der Waals surface area contributed by atoms with Gasteiger partial charge in [-0.15, -0.1) is 4.73 Å². The quantitative estimate of drug-likeness (QED) is 0.116. The van der Waals surface area contributed by atoms with Crippen molar-refractivity contribution in [2.45, 2.75) is 46.0 Å². The molecule has 3 aromatic heterocycles. The van der Waals surface area contributed by atoms with Crippen LogP contribution in [0.3, 0.4) is 0 Å². The maximum absolute atomic E-state index is 14.9. The van der Waals surface area contributed by atoms with Gasteiger partial charge in [-0.2, -0.15) is 4.39 Å². The first-order valence-electron chi connectivity index (χ1n) is 12.2. The number of unbranched alkanes of at least 4 members (excludes halogenated alkanes) is 2. The highest BCUT2D eigenvalue weighted by Crippen LogP contribution is 2.34. The Morgan fingerprint density at radius 3 is 2.45 bits per heavy atom. The second kappa shape index (κ2) is 11.9. The van der Waals surface area contributed by atoms with Gasteiger partial charge in [0, 0.05) is 37.3 Å². The summed E-state index contributed by atoms with van der Waals surface area (Å²) in [6.45, 7) is 1.88. The fourth-order valence-corrected chi connectivity index (χ4v) is 4.02. The van der Waals surface area contributed by atoms with E-state index in [2.05, 4.69) is 4.74 Å². The van der Waals surface area contributed by atoms with Crippen molar-refractivity contribution < 1.29 is 51.7 Å². The summed E-state index contributed by atoms with van der Waals surface area (Å²) in [7, 11) is 0. The molecule has 0 amide bonds. The number of nitrogens with zero attached hydrogens (tertiary/aromatic N) is 1. The lowest BCUT2D eigenvalue weighted by molar-refractivity contribution is -0.147.